The zero-order valence-electron chi connectivity index (χ0n) is 13.2. The Hall–Kier alpha value is -2.19. The van der Waals surface area contributed by atoms with Gasteiger partial charge in [0, 0.05) is 19.0 Å². The van der Waals surface area contributed by atoms with E-state index in [2.05, 4.69) is 14.9 Å². The average Bonchev–Trinajstić information content (AvgIpc) is 2.60. The van der Waals surface area contributed by atoms with E-state index in [1.807, 2.05) is 30.3 Å². The van der Waals surface area contributed by atoms with Crippen LogP contribution in [0.1, 0.15) is 12.8 Å². The molecule has 0 aliphatic carbocycles. The fourth-order valence-corrected chi connectivity index (χ4v) is 3.13. The van der Waals surface area contributed by atoms with Crippen molar-refractivity contribution in [3.8, 4) is 5.75 Å². The van der Waals surface area contributed by atoms with E-state index in [1.54, 1.807) is 0 Å². The van der Waals surface area contributed by atoms with Gasteiger partial charge in [0.2, 0.25) is 16.0 Å². The molecule has 1 fully saturated rings. The molecule has 0 bridgehead atoms. The molecular weight excluding hydrogens is 328 g/mol. The first-order valence-electron chi connectivity index (χ1n) is 7.80. The highest BCUT2D eigenvalue weighted by Gasteiger charge is 2.22. The van der Waals surface area contributed by atoms with Gasteiger partial charge in [0.05, 0.1) is 19.0 Å². The Balaban J connectivity index is 1.61. The fraction of sp³-hybridized carbons (Fsp3) is 0.375. The van der Waals surface area contributed by atoms with Gasteiger partial charge in [0.15, 0.2) is 0 Å². The van der Waals surface area contributed by atoms with Crippen molar-refractivity contribution in [1.82, 2.24) is 9.97 Å². The van der Waals surface area contributed by atoms with E-state index < -0.39 is 10.0 Å². The summed E-state index contributed by atoms with van der Waals surface area (Å²) in [6, 6.07) is 9.73. The lowest BCUT2D eigenvalue weighted by Gasteiger charge is -2.32. The minimum absolute atomic E-state index is 0.0766. The summed E-state index contributed by atoms with van der Waals surface area (Å²) < 4.78 is 28.4. The van der Waals surface area contributed by atoms with Crippen LogP contribution in [-0.4, -0.2) is 38.1 Å². The van der Waals surface area contributed by atoms with Gasteiger partial charge in [0.25, 0.3) is 0 Å². The smallest absolute Gasteiger partial charge is 0.241 e. The second-order valence-corrected chi connectivity index (χ2v) is 7.40. The van der Waals surface area contributed by atoms with E-state index in [4.69, 9.17) is 9.88 Å². The molecule has 2 heterocycles. The second kappa shape index (κ2) is 7.14. The number of rotatable bonds is 5. The van der Waals surface area contributed by atoms with Crippen LogP contribution in [0.4, 0.5) is 5.95 Å². The van der Waals surface area contributed by atoms with Crippen LogP contribution >= 0.6 is 0 Å². The molecule has 24 heavy (non-hydrogen) atoms. The van der Waals surface area contributed by atoms with Crippen molar-refractivity contribution >= 4 is 16.0 Å². The van der Waals surface area contributed by atoms with Crippen molar-refractivity contribution in [3.05, 3.63) is 42.7 Å². The number of benzene rings is 1. The molecule has 0 amide bonds. The summed E-state index contributed by atoms with van der Waals surface area (Å²) in [6.07, 6.45) is 4.60. The molecule has 1 atom stereocenters. The van der Waals surface area contributed by atoms with Gasteiger partial charge in [0.1, 0.15) is 10.6 Å². The Morgan fingerprint density at radius 2 is 1.92 bits per heavy atom. The highest BCUT2D eigenvalue weighted by molar-refractivity contribution is 7.89. The maximum absolute atomic E-state index is 11.3. The van der Waals surface area contributed by atoms with Gasteiger partial charge in [-0.25, -0.2) is 23.5 Å². The Bertz CT molecular complexity index is 766. The van der Waals surface area contributed by atoms with Crippen LogP contribution in [0.3, 0.4) is 0 Å². The van der Waals surface area contributed by atoms with Crippen molar-refractivity contribution in [2.45, 2.75) is 17.7 Å². The van der Waals surface area contributed by atoms with Gasteiger partial charge in [-0.2, -0.15) is 0 Å². The molecule has 128 valence electrons. The molecule has 1 aromatic carbocycles. The van der Waals surface area contributed by atoms with Crippen LogP contribution in [0.5, 0.6) is 5.75 Å². The fourth-order valence-electron chi connectivity index (χ4n) is 2.73. The van der Waals surface area contributed by atoms with E-state index in [0.29, 0.717) is 18.5 Å². The number of anilines is 1. The molecule has 1 aliphatic rings. The minimum atomic E-state index is -3.76. The number of primary sulfonamides is 1. The lowest BCUT2D eigenvalue weighted by Crippen LogP contribution is -2.38. The number of nitrogens with two attached hydrogens (primary N) is 1. The molecule has 0 saturated carbocycles. The Morgan fingerprint density at radius 3 is 2.58 bits per heavy atom. The summed E-state index contributed by atoms with van der Waals surface area (Å²) in [5.74, 6) is 1.76. The SMILES string of the molecule is NS(=O)(=O)c1cnc(N2CCCC(COc3ccccc3)C2)nc1. The number of piperidine rings is 1. The summed E-state index contributed by atoms with van der Waals surface area (Å²) >= 11 is 0. The number of para-hydroxylation sites is 1. The molecule has 1 saturated heterocycles. The molecule has 0 spiro atoms. The van der Waals surface area contributed by atoms with E-state index in [-0.39, 0.29) is 4.90 Å². The largest absolute Gasteiger partial charge is 0.493 e. The summed E-state index contributed by atoms with van der Waals surface area (Å²) in [7, 11) is -3.76. The Labute approximate surface area is 141 Å². The van der Waals surface area contributed by atoms with Crippen molar-refractivity contribution in [2.24, 2.45) is 11.1 Å². The number of nitrogens with zero attached hydrogens (tertiary/aromatic N) is 3. The third-order valence-corrected chi connectivity index (χ3v) is 4.84. The van der Waals surface area contributed by atoms with Gasteiger partial charge in [-0.1, -0.05) is 18.2 Å². The van der Waals surface area contributed by atoms with Gasteiger partial charge in [-0.15, -0.1) is 0 Å². The van der Waals surface area contributed by atoms with Crippen LogP contribution in [0.15, 0.2) is 47.6 Å². The van der Waals surface area contributed by atoms with E-state index in [1.165, 1.54) is 12.4 Å². The zero-order valence-corrected chi connectivity index (χ0v) is 14.0. The highest BCUT2D eigenvalue weighted by atomic mass is 32.2. The Morgan fingerprint density at radius 1 is 1.21 bits per heavy atom. The standard InChI is InChI=1S/C16H20N4O3S/c17-24(21,22)15-9-18-16(19-10-15)20-8-4-5-13(11-20)12-23-14-6-2-1-3-7-14/h1-3,6-7,9-10,13H,4-5,8,11-12H2,(H2,17,21,22). The minimum Gasteiger partial charge on any atom is -0.493 e. The third kappa shape index (κ3) is 4.21. The lowest BCUT2D eigenvalue weighted by atomic mass is 9.99. The first kappa shape index (κ1) is 16.7. The second-order valence-electron chi connectivity index (χ2n) is 5.84. The first-order valence-corrected chi connectivity index (χ1v) is 9.34. The molecule has 8 heteroatoms. The van der Waals surface area contributed by atoms with Crippen molar-refractivity contribution in [3.63, 3.8) is 0 Å². The highest BCUT2D eigenvalue weighted by Crippen LogP contribution is 2.22. The topological polar surface area (TPSA) is 98.4 Å². The van der Waals surface area contributed by atoms with Crippen molar-refractivity contribution in [1.29, 1.82) is 0 Å². The maximum atomic E-state index is 11.3. The molecule has 1 aromatic heterocycles. The molecule has 2 aromatic rings. The molecule has 3 rings (SSSR count). The van der Waals surface area contributed by atoms with E-state index in [9.17, 15) is 8.42 Å². The van der Waals surface area contributed by atoms with Crippen LogP contribution in [-0.2, 0) is 10.0 Å². The van der Waals surface area contributed by atoms with Crippen LogP contribution in [0, 0.1) is 5.92 Å². The monoisotopic (exact) mass is 348 g/mol. The molecular formula is C16H20N4O3S. The van der Waals surface area contributed by atoms with Crippen LogP contribution in [0.25, 0.3) is 0 Å². The Kier molecular flexibility index (Phi) is 4.96. The number of ether oxygens (including phenoxy) is 1. The average molecular weight is 348 g/mol. The molecule has 1 aliphatic heterocycles. The van der Waals surface area contributed by atoms with Gasteiger partial charge in [-0.3, -0.25) is 0 Å². The lowest BCUT2D eigenvalue weighted by molar-refractivity contribution is 0.228. The first-order chi connectivity index (χ1) is 11.5. The quantitative estimate of drug-likeness (QED) is 0.877. The van der Waals surface area contributed by atoms with Gasteiger partial charge >= 0.3 is 0 Å². The number of hydrogen-bond acceptors (Lipinski definition) is 6. The van der Waals surface area contributed by atoms with Crippen LogP contribution < -0.4 is 14.8 Å². The summed E-state index contributed by atoms with van der Waals surface area (Å²) in [4.78, 5) is 10.2. The molecule has 0 radical (unpaired) electrons. The predicted molar refractivity (Wildman–Crippen MR) is 90.3 cm³/mol. The van der Waals surface area contributed by atoms with Gasteiger partial charge < -0.3 is 9.64 Å². The summed E-state index contributed by atoms with van der Waals surface area (Å²) in [6.45, 7) is 2.26. The zero-order chi connectivity index (χ0) is 17.0. The van der Waals surface area contributed by atoms with Crippen LogP contribution in [0.2, 0.25) is 0 Å². The van der Waals surface area contributed by atoms with Crippen molar-refractivity contribution in [2.75, 3.05) is 24.6 Å². The third-order valence-electron chi connectivity index (χ3n) is 3.97. The summed E-state index contributed by atoms with van der Waals surface area (Å²) in [5, 5.41) is 5.06. The molecule has 7 nitrogen and oxygen atoms in total. The molecule has 2 N–H and O–H groups in total. The predicted octanol–water partition coefficient (Wildman–Crippen LogP) is 1.42. The van der Waals surface area contributed by atoms with Gasteiger partial charge in [-0.05, 0) is 25.0 Å². The normalized spacial score (nSPS) is 18.4. The van der Waals surface area contributed by atoms with E-state index >= 15 is 0 Å². The maximum Gasteiger partial charge on any atom is 0.241 e. The van der Waals surface area contributed by atoms with Crippen molar-refractivity contribution < 1.29 is 13.2 Å². The molecule has 1 unspecified atom stereocenters. The number of hydrogen-bond donors (Lipinski definition) is 1. The summed E-state index contributed by atoms with van der Waals surface area (Å²) in [5.41, 5.74) is 0. The number of aromatic nitrogens is 2. The van der Waals surface area contributed by atoms with E-state index in [0.717, 1.165) is 31.7 Å². The number of sulfonamides is 1.